The fourth-order valence-corrected chi connectivity index (χ4v) is 3.32. The highest BCUT2D eigenvalue weighted by atomic mass is 35.5. The number of methoxy groups -OCH3 is 1. The zero-order chi connectivity index (χ0) is 27.2. The Morgan fingerprint density at radius 2 is 1.89 bits per heavy atom. The van der Waals surface area contributed by atoms with Gasteiger partial charge in [-0.25, -0.2) is 4.98 Å². The van der Waals surface area contributed by atoms with Crippen molar-refractivity contribution in [1.29, 1.82) is 5.41 Å². The summed E-state index contributed by atoms with van der Waals surface area (Å²) in [5.74, 6) is -0.519. The van der Waals surface area contributed by atoms with E-state index in [0.29, 0.717) is 21.9 Å². The summed E-state index contributed by atoms with van der Waals surface area (Å²) >= 11 is 5.90. The van der Waals surface area contributed by atoms with Gasteiger partial charge in [0, 0.05) is 34.6 Å². The number of nitrogens with one attached hydrogen (secondary N) is 3. The van der Waals surface area contributed by atoms with Gasteiger partial charge < -0.3 is 25.7 Å². The van der Waals surface area contributed by atoms with Crippen molar-refractivity contribution < 1.29 is 22.7 Å². The Hall–Kier alpha value is -4.25. The molecule has 5 N–H and O–H groups in total. The van der Waals surface area contributed by atoms with E-state index in [1.807, 2.05) is 13.1 Å². The van der Waals surface area contributed by atoms with Crippen molar-refractivity contribution in [2.24, 2.45) is 5.73 Å². The number of aryl methyl sites for hydroxylation is 1. The van der Waals surface area contributed by atoms with E-state index in [9.17, 15) is 18.0 Å². The molecule has 1 heterocycles. The van der Waals surface area contributed by atoms with Crippen LogP contribution in [0.15, 0.2) is 73.0 Å². The van der Waals surface area contributed by atoms with Crippen LogP contribution in [0.5, 0.6) is 5.75 Å². The van der Waals surface area contributed by atoms with Gasteiger partial charge in [0.25, 0.3) is 0 Å². The van der Waals surface area contributed by atoms with E-state index in [2.05, 4.69) is 10.3 Å². The third kappa shape index (κ3) is 7.61. The molecule has 1 amide bonds. The minimum absolute atomic E-state index is 0.0811. The molecular formula is C25H24ClF3N6O2. The van der Waals surface area contributed by atoms with E-state index < -0.39 is 18.6 Å². The number of imidazole rings is 1. The first-order chi connectivity index (χ1) is 17.5. The number of amides is 1. The lowest BCUT2D eigenvalue weighted by molar-refractivity contribution is -0.135. The third-order valence-electron chi connectivity index (χ3n) is 5.03. The predicted molar refractivity (Wildman–Crippen MR) is 136 cm³/mol. The Kier molecular flexibility index (Phi) is 8.61. The van der Waals surface area contributed by atoms with Gasteiger partial charge in [-0.2, -0.15) is 13.2 Å². The number of allylic oxidation sites excluding steroid dienone is 1. The van der Waals surface area contributed by atoms with E-state index in [0.717, 1.165) is 17.5 Å². The summed E-state index contributed by atoms with van der Waals surface area (Å²) in [5.41, 5.74) is 8.70. The zero-order valence-electron chi connectivity index (χ0n) is 19.9. The van der Waals surface area contributed by atoms with Crippen molar-refractivity contribution in [2.45, 2.75) is 13.1 Å². The van der Waals surface area contributed by atoms with Crippen LogP contribution >= 0.6 is 11.6 Å². The molecule has 3 rings (SSSR count). The molecule has 0 saturated carbocycles. The molecule has 0 fully saturated rings. The maximum atomic E-state index is 12.5. The van der Waals surface area contributed by atoms with E-state index in [4.69, 9.17) is 27.5 Å². The van der Waals surface area contributed by atoms with Gasteiger partial charge in [-0.1, -0.05) is 29.8 Å². The Labute approximate surface area is 216 Å². The summed E-state index contributed by atoms with van der Waals surface area (Å²) in [5, 5.41) is 13.4. The Bertz CT molecular complexity index is 1350. The monoisotopic (exact) mass is 532 g/mol. The first-order valence-electron chi connectivity index (χ1n) is 10.8. The summed E-state index contributed by atoms with van der Waals surface area (Å²) in [6, 6.07) is 11.4. The largest absolute Gasteiger partial charge is 0.495 e. The summed E-state index contributed by atoms with van der Waals surface area (Å²) in [6.45, 7) is 0.351. The summed E-state index contributed by atoms with van der Waals surface area (Å²) in [7, 11) is 1.51. The molecule has 0 aliphatic rings. The Balaban J connectivity index is 1.88. The van der Waals surface area contributed by atoms with Crippen molar-refractivity contribution in [3.63, 3.8) is 0 Å². The van der Waals surface area contributed by atoms with Crippen LogP contribution in [0.2, 0.25) is 5.02 Å². The van der Waals surface area contributed by atoms with Crippen LogP contribution in [-0.2, 0) is 4.79 Å². The SMILES string of the molecule is COc1cc(/C(N)=C/N/C(=C/C(=O)NCC(F)(F)F)C(=N)c2ccc(Cl)cc2)ccc1-n1cnc(C)c1. The Morgan fingerprint density at radius 1 is 1.22 bits per heavy atom. The van der Waals surface area contributed by atoms with Crippen molar-refractivity contribution in [3.8, 4) is 11.4 Å². The number of hydrogen-bond donors (Lipinski definition) is 4. The molecule has 37 heavy (non-hydrogen) atoms. The lowest BCUT2D eigenvalue weighted by Crippen LogP contribution is -2.33. The van der Waals surface area contributed by atoms with Gasteiger partial charge >= 0.3 is 6.18 Å². The number of benzene rings is 2. The minimum atomic E-state index is -4.58. The van der Waals surface area contributed by atoms with E-state index in [1.54, 1.807) is 58.7 Å². The molecule has 1 aromatic heterocycles. The molecule has 2 aromatic carbocycles. The van der Waals surface area contributed by atoms with Crippen LogP contribution in [0.3, 0.4) is 0 Å². The number of carbonyl (C=O) groups excluding carboxylic acids is 1. The van der Waals surface area contributed by atoms with Crippen LogP contribution < -0.4 is 21.1 Å². The quantitative estimate of drug-likeness (QED) is 0.242. The molecule has 0 aliphatic heterocycles. The number of aromatic nitrogens is 2. The van der Waals surface area contributed by atoms with Crippen LogP contribution in [0.25, 0.3) is 11.4 Å². The van der Waals surface area contributed by atoms with E-state index >= 15 is 0 Å². The van der Waals surface area contributed by atoms with Crippen LogP contribution in [-0.4, -0.2) is 41.0 Å². The Morgan fingerprint density at radius 3 is 2.49 bits per heavy atom. The number of nitrogens with two attached hydrogens (primary N) is 1. The highest BCUT2D eigenvalue weighted by molar-refractivity contribution is 6.30. The number of rotatable bonds is 9. The normalized spacial score (nSPS) is 12.3. The van der Waals surface area contributed by atoms with Gasteiger partial charge in [-0.05, 0) is 31.2 Å². The standard InChI is InChI=1S/C25H24ClF3N6O2/c1-15-12-35(14-34-15)21-8-5-17(9-22(21)37-2)19(30)11-32-20(10-23(36)33-13-25(27,28)29)24(31)16-3-6-18(26)7-4-16/h3-12,14,31-32H,13,30H2,1-2H3,(H,33,36)/b19-11-,20-10+,31-24?. The second-order valence-corrected chi connectivity index (χ2v) is 8.26. The molecule has 0 unspecified atom stereocenters. The van der Waals surface area contributed by atoms with Gasteiger partial charge in [0.05, 0.1) is 41.9 Å². The fourth-order valence-electron chi connectivity index (χ4n) is 3.19. The van der Waals surface area contributed by atoms with E-state index in [1.165, 1.54) is 13.3 Å². The molecule has 12 heteroatoms. The van der Waals surface area contributed by atoms with Crippen LogP contribution in [0.1, 0.15) is 16.8 Å². The van der Waals surface area contributed by atoms with Crippen molar-refractivity contribution in [3.05, 3.63) is 94.8 Å². The number of carbonyl (C=O) groups is 1. The average Bonchev–Trinajstić information content (AvgIpc) is 3.30. The van der Waals surface area contributed by atoms with Gasteiger partial charge in [0.1, 0.15) is 12.3 Å². The molecule has 0 bridgehead atoms. The van der Waals surface area contributed by atoms with Crippen LogP contribution in [0, 0.1) is 12.3 Å². The van der Waals surface area contributed by atoms with Gasteiger partial charge in [-0.3, -0.25) is 10.2 Å². The maximum Gasteiger partial charge on any atom is 0.405 e. The fraction of sp³-hybridized carbons (Fsp3) is 0.160. The number of nitrogens with zero attached hydrogens (tertiary/aromatic N) is 2. The van der Waals surface area contributed by atoms with Gasteiger partial charge in [-0.15, -0.1) is 0 Å². The number of alkyl halides is 3. The molecule has 0 saturated heterocycles. The highest BCUT2D eigenvalue weighted by Crippen LogP contribution is 2.26. The summed E-state index contributed by atoms with van der Waals surface area (Å²) < 4.78 is 44.8. The van der Waals surface area contributed by atoms with Crippen molar-refractivity contribution in [2.75, 3.05) is 13.7 Å². The van der Waals surface area contributed by atoms with E-state index in [-0.39, 0.29) is 17.1 Å². The number of halogens is 4. The molecule has 0 radical (unpaired) electrons. The second-order valence-electron chi connectivity index (χ2n) is 7.83. The lowest BCUT2D eigenvalue weighted by Gasteiger charge is -2.14. The molecule has 8 nitrogen and oxygen atoms in total. The number of hydrogen-bond acceptors (Lipinski definition) is 6. The molecule has 3 aromatic rings. The highest BCUT2D eigenvalue weighted by Gasteiger charge is 2.27. The predicted octanol–water partition coefficient (Wildman–Crippen LogP) is 4.32. The summed E-state index contributed by atoms with van der Waals surface area (Å²) in [6.07, 6.45) is 1.10. The molecule has 0 spiro atoms. The lowest BCUT2D eigenvalue weighted by atomic mass is 10.1. The molecule has 194 valence electrons. The second kappa shape index (κ2) is 11.7. The average molecular weight is 533 g/mol. The maximum absolute atomic E-state index is 12.5. The first kappa shape index (κ1) is 27.3. The van der Waals surface area contributed by atoms with Gasteiger partial charge in [0.2, 0.25) is 5.91 Å². The third-order valence-corrected chi connectivity index (χ3v) is 5.28. The topological polar surface area (TPSA) is 118 Å². The van der Waals surface area contributed by atoms with Crippen molar-refractivity contribution >= 4 is 28.9 Å². The first-order valence-corrected chi connectivity index (χ1v) is 11.2. The molecule has 0 aliphatic carbocycles. The van der Waals surface area contributed by atoms with Crippen molar-refractivity contribution in [1.82, 2.24) is 20.2 Å². The minimum Gasteiger partial charge on any atom is -0.495 e. The van der Waals surface area contributed by atoms with Gasteiger partial charge in [0.15, 0.2) is 0 Å². The summed E-state index contributed by atoms with van der Waals surface area (Å²) in [4.78, 5) is 16.3. The van der Waals surface area contributed by atoms with Crippen LogP contribution in [0.4, 0.5) is 13.2 Å². The molecular weight excluding hydrogens is 509 g/mol. The smallest absolute Gasteiger partial charge is 0.405 e. The zero-order valence-corrected chi connectivity index (χ0v) is 20.6. The molecule has 0 atom stereocenters. The number of ether oxygens (including phenoxy) is 1.